The van der Waals surface area contributed by atoms with Gasteiger partial charge in [-0.25, -0.2) is 0 Å². The Labute approximate surface area is 117 Å². The molecule has 0 spiro atoms. The predicted molar refractivity (Wildman–Crippen MR) is 77.4 cm³/mol. The molecule has 0 aliphatic carbocycles. The molecule has 0 radical (unpaired) electrons. The van der Waals surface area contributed by atoms with E-state index in [4.69, 9.17) is 9.47 Å². The second-order valence-corrected chi connectivity index (χ2v) is 6.19. The molecule has 0 saturated heterocycles. The minimum atomic E-state index is -0.0882. The summed E-state index contributed by atoms with van der Waals surface area (Å²) in [6.45, 7) is 7.17. The van der Waals surface area contributed by atoms with Crippen LogP contribution < -0.4 is 4.46 Å². The zero-order valence-electron chi connectivity index (χ0n) is 11.0. The Morgan fingerprint density at radius 3 is 2.72 bits per heavy atom. The van der Waals surface area contributed by atoms with E-state index >= 15 is 0 Å². The van der Waals surface area contributed by atoms with E-state index in [1.165, 1.54) is 4.46 Å². The zero-order chi connectivity index (χ0) is 13.1. The maximum absolute atomic E-state index is 5.75. The molecule has 1 atom stereocenters. The van der Waals surface area contributed by atoms with Crippen LogP contribution in [0.4, 0.5) is 0 Å². The van der Waals surface area contributed by atoms with Crippen molar-refractivity contribution in [1.82, 2.24) is 0 Å². The molecule has 0 N–H and O–H groups in total. The first-order valence-corrected chi connectivity index (χ1v) is 8.45. The molecule has 0 fully saturated rings. The zero-order valence-corrected chi connectivity index (χ0v) is 12.7. The van der Waals surface area contributed by atoms with Crippen molar-refractivity contribution in [3.05, 3.63) is 43.0 Å². The van der Waals surface area contributed by atoms with Crippen LogP contribution in [-0.2, 0) is 9.47 Å². The molecule has 0 bridgehead atoms. The molecule has 3 heteroatoms. The van der Waals surface area contributed by atoms with Crippen molar-refractivity contribution in [2.24, 2.45) is 0 Å². The van der Waals surface area contributed by atoms with Crippen molar-refractivity contribution in [3.63, 3.8) is 0 Å². The van der Waals surface area contributed by atoms with Gasteiger partial charge in [-0.3, -0.25) is 0 Å². The maximum atomic E-state index is 5.75. The van der Waals surface area contributed by atoms with E-state index in [0.717, 1.165) is 24.8 Å². The number of hydrogen-bond donors (Lipinski definition) is 0. The SMILES string of the molecule is C=CCOC(C[Se]c1ccccc1)OCCCC. The number of hydrogen-bond acceptors (Lipinski definition) is 2. The van der Waals surface area contributed by atoms with Gasteiger partial charge in [0.1, 0.15) is 0 Å². The van der Waals surface area contributed by atoms with Gasteiger partial charge in [0.2, 0.25) is 0 Å². The van der Waals surface area contributed by atoms with Gasteiger partial charge in [0.25, 0.3) is 0 Å². The van der Waals surface area contributed by atoms with Crippen molar-refractivity contribution in [3.8, 4) is 0 Å². The van der Waals surface area contributed by atoms with Crippen LogP contribution in [0.15, 0.2) is 43.0 Å². The Kier molecular flexibility index (Phi) is 8.87. The van der Waals surface area contributed by atoms with Crippen LogP contribution in [-0.4, -0.2) is 34.5 Å². The van der Waals surface area contributed by atoms with Crippen LogP contribution in [0, 0.1) is 0 Å². The molecule has 0 heterocycles. The number of benzene rings is 1. The number of unbranched alkanes of at least 4 members (excludes halogenated alkanes) is 1. The summed E-state index contributed by atoms with van der Waals surface area (Å²) in [5.41, 5.74) is 0. The summed E-state index contributed by atoms with van der Waals surface area (Å²) in [6, 6.07) is 10.5. The summed E-state index contributed by atoms with van der Waals surface area (Å²) in [7, 11) is 0. The van der Waals surface area contributed by atoms with Crippen LogP contribution in [0.5, 0.6) is 0 Å². The number of ether oxygens (including phenoxy) is 2. The normalized spacial score (nSPS) is 12.3. The quantitative estimate of drug-likeness (QED) is 0.286. The Morgan fingerprint density at radius 2 is 2.06 bits per heavy atom. The second kappa shape index (κ2) is 10.3. The molecule has 0 amide bonds. The van der Waals surface area contributed by atoms with E-state index < -0.39 is 0 Å². The van der Waals surface area contributed by atoms with E-state index in [1.807, 2.05) is 6.07 Å². The molecule has 0 aromatic heterocycles. The predicted octanol–water partition coefficient (Wildman–Crippen LogP) is 2.78. The molecule has 0 aliphatic rings. The van der Waals surface area contributed by atoms with Crippen LogP contribution in [0.25, 0.3) is 0 Å². The van der Waals surface area contributed by atoms with Gasteiger partial charge in [0.05, 0.1) is 0 Å². The van der Waals surface area contributed by atoms with Crippen molar-refractivity contribution >= 4 is 19.4 Å². The summed E-state index contributed by atoms with van der Waals surface area (Å²) in [4.78, 5) is 0. The fourth-order valence-electron chi connectivity index (χ4n) is 1.36. The average Bonchev–Trinajstić information content (AvgIpc) is 2.42. The monoisotopic (exact) mass is 314 g/mol. The molecule has 0 aliphatic heterocycles. The summed E-state index contributed by atoms with van der Waals surface area (Å²) in [5.74, 6) is 0. The molecule has 0 saturated carbocycles. The van der Waals surface area contributed by atoms with E-state index in [0.29, 0.717) is 21.6 Å². The van der Waals surface area contributed by atoms with Crippen LogP contribution >= 0.6 is 0 Å². The fourth-order valence-corrected chi connectivity index (χ4v) is 3.19. The van der Waals surface area contributed by atoms with Gasteiger partial charge in [0.15, 0.2) is 0 Å². The third-order valence-electron chi connectivity index (χ3n) is 2.33. The second-order valence-electron chi connectivity index (χ2n) is 3.90. The Bertz CT molecular complexity index is 314. The summed E-state index contributed by atoms with van der Waals surface area (Å²) >= 11 is 0.402. The first-order chi connectivity index (χ1) is 8.86. The Hall–Kier alpha value is -0.601. The third kappa shape index (κ3) is 6.97. The van der Waals surface area contributed by atoms with Crippen LogP contribution in [0.1, 0.15) is 19.8 Å². The van der Waals surface area contributed by atoms with Crippen molar-refractivity contribution in [2.75, 3.05) is 13.2 Å². The fraction of sp³-hybridized carbons (Fsp3) is 0.467. The van der Waals surface area contributed by atoms with E-state index in [1.54, 1.807) is 6.08 Å². The van der Waals surface area contributed by atoms with E-state index in [2.05, 4.69) is 37.8 Å². The van der Waals surface area contributed by atoms with Crippen LogP contribution in [0.3, 0.4) is 0 Å². The van der Waals surface area contributed by atoms with Gasteiger partial charge in [-0.15, -0.1) is 0 Å². The average molecular weight is 313 g/mol. The Balaban J connectivity index is 2.32. The molecular formula is C15H22O2Se. The van der Waals surface area contributed by atoms with Gasteiger partial charge in [0, 0.05) is 0 Å². The first-order valence-electron chi connectivity index (χ1n) is 6.38. The molecule has 100 valence electrons. The van der Waals surface area contributed by atoms with Gasteiger partial charge < -0.3 is 0 Å². The van der Waals surface area contributed by atoms with Gasteiger partial charge in [-0.05, 0) is 0 Å². The molecule has 2 nitrogen and oxygen atoms in total. The van der Waals surface area contributed by atoms with E-state index in [-0.39, 0.29) is 6.29 Å². The van der Waals surface area contributed by atoms with Crippen LogP contribution in [0.2, 0.25) is 5.32 Å². The molecule has 1 rings (SSSR count). The number of rotatable bonds is 10. The molecular weight excluding hydrogens is 291 g/mol. The minimum absolute atomic E-state index is 0.0882. The summed E-state index contributed by atoms with van der Waals surface area (Å²) < 4.78 is 12.8. The van der Waals surface area contributed by atoms with Crippen molar-refractivity contribution in [1.29, 1.82) is 0 Å². The van der Waals surface area contributed by atoms with Crippen molar-refractivity contribution in [2.45, 2.75) is 31.4 Å². The van der Waals surface area contributed by atoms with Gasteiger partial charge in [-0.1, -0.05) is 0 Å². The van der Waals surface area contributed by atoms with Gasteiger partial charge >= 0.3 is 116 Å². The molecule has 1 aromatic rings. The Morgan fingerprint density at radius 1 is 1.28 bits per heavy atom. The topological polar surface area (TPSA) is 18.5 Å². The first kappa shape index (κ1) is 15.5. The summed E-state index contributed by atoms with van der Waals surface area (Å²) in [5, 5.41) is 0.953. The standard InChI is InChI=1S/C15H22O2Se/c1-3-5-12-17-15(16-11-4-2)13-18-14-9-7-6-8-10-14/h4,6-10,15H,2-3,5,11-13H2,1H3. The third-order valence-corrected chi connectivity index (χ3v) is 4.52. The molecule has 1 unspecified atom stereocenters. The van der Waals surface area contributed by atoms with Crippen molar-refractivity contribution < 1.29 is 9.47 Å². The van der Waals surface area contributed by atoms with E-state index in [9.17, 15) is 0 Å². The molecule has 18 heavy (non-hydrogen) atoms. The molecule has 1 aromatic carbocycles. The van der Waals surface area contributed by atoms with Gasteiger partial charge in [-0.2, -0.15) is 0 Å². The summed E-state index contributed by atoms with van der Waals surface area (Å²) in [6.07, 6.45) is 3.92.